The maximum Gasteiger partial charge on any atom is 0.225 e. The molecule has 1 N–H and O–H groups in total. The van der Waals surface area contributed by atoms with Gasteiger partial charge in [-0.05, 0) is 63.0 Å². The molecule has 7 aromatic rings. The highest BCUT2D eigenvalue weighted by Crippen LogP contribution is 2.44. The number of methoxy groups -OCH3 is 1. The molecule has 3 aromatic carbocycles. The van der Waals surface area contributed by atoms with Gasteiger partial charge in [-0.15, -0.1) is 0 Å². The minimum atomic E-state index is -0.692. The van der Waals surface area contributed by atoms with E-state index in [2.05, 4.69) is 144 Å². The second kappa shape index (κ2) is 18.8. The quantitative estimate of drug-likeness (QED) is 0.105. The molecular weight excluding hydrogens is 881 g/mol. The number of aromatic nitrogens is 5. The van der Waals surface area contributed by atoms with Crippen LogP contribution in [0.25, 0.3) is 10.9 Å². The van der Waals surface area contributed by atoms with Gasteiger partial charge in [0.1, 0.15) is 27.3 Å². The van der Waals surface area contributed by atoms with Crippen LogP contribution in [0.15, 0.2) is 139 Å². The number of aliphatic imine (C=N–C) groups is 1. The van der Waals surface area contributed by atoms with Crippen molar-refractivity contribution in [3.05, 3.63) is 165 Å². The summed E-state index contributed by atoms with van der Waals surface area (Å²) in [6.07, 6.45) is 9.03. The van der Waals surface area contributed by atoms with E-state index in [4.69, 9.17) is 28.8 Å². The summed E-state index contributed by atoms with van der Waals surface area (Å²) in [6, 6.07) is 39.5. The van der Waals surface area contributed by atoms with E-state index in [0.717, 1.165) is 106 Å². The number of amidine groups is 1. The van der Waals surface area contributed by atoms with Crippen LogP contribution in [0.4, 0.5) is 5.69 Å². The highest BCUT2D eigenvalue weighted by molar-refractivity contribution is 14.1. The zero-order valence-corrected chi connectivity index (χ0v) is 36.0. The number of benzene rings is 3. The maximum absolute atomic E-state index is 6.44. The fourth-order valence-corrected chi connectivity index (χ4v) is 8.91. The number of halogens is 1. The van der Waals surface area contributed by atoms with Crippen molar-refractivity contribution in [3.8, 4) is 17.6 Å². The maximum atomic E-state index is 6.44. The molecule has 0 radical (unpaired) electrons. The van der Waals surface area contributed by atoms with E-state index in [0.29, 0.717) is 24.2 Å². The van der Waals surface area contributed by atoms with E-state index in [1.807, 2.05) is 30.5 Å². The van der Waals surface area contributed by atoms with Crippen LogP contribution in [-0.2, 0) is 21.6 Å². The van der Waals surface area contributed by atoms with Crippen molar-refractivity contribution in [2.45, 2.75) is 50.0 Å². The Balaban J connectivity index is 0.000000167. The van der Waals surface area contributed by atoms with Crippen molar-refractivity contribution in [2.75, 3.05) is 38.9 Å². The molecule has 12 nitrogen and oxygen atoms in total. The number of nitrogens with one attached hydrogen (secondary N) is 1. The van der Waals surface area contributed by atoms with Gasteiger partial charge in [0.2, 0.25) is 17.6 Å². The Morgan fingerprint density at radius 2 is 1.21 bits per heavy atom. The van der Waals surface area contributed by atoms with Crippen molar-refractivity contribution < 1.29 is 23.7 Å². The number of nitrogens with zero attached hydrogens (tertiary/aromatic N) is 6. The summed E-state index contributed by atoms with van der Waals surface area (Å²) in [4.78, 5) is 17.8. The van der Waals surface area contributed by atoms with Crippen LogP contribution in [0.2, 0.25) is 0 Å². The summed E-state index contributed by atoms with van der Waals surface area (Å²) in [5.74, 6) is 2.58. The van der Waals surface area contributed by atoms with E-state index in [1.165, 1.54) is 0 Å². The SMILES string of the molecule is COc1cc(NC2=NCc3ccnc(OC4CCOCC4)c32)ccn1.Ic1nn(C(c2ccccc2)(c2ccccc2)c2ccccc2)c2ccnc(OC3CCOCC3)c12. The third-order valence-electron chi connectivity index (χ3n) is 11.2. The second-order valence-electron chi connectivity index (χ2n) is 14.9. The summed E-state index contributed by atoms with van der Waals surface area (Å²) >= 11 is 2.32. The largest absolute Gasteiger partial charge is 0.481 e. The van der Waals surface area contributed by atoms with Crippen molar-refractivity contribution in [2.24, 2.45) is 4.99 Å². The molecule has 4 aromatic heterocycles. The number of anilines is 1. The lowest BCUT2D eigenvalue weighted by atomic mass is 9.77. The minimum absolute atomic E-state index is 0.0955. The number of ether oxygens (including phenoxy) is 5. The van der Waals surface area contributed by atoms with Gasteiger partial charge >= 0.3 is 0 Å². The van der Waals surface area contributed by atoms with Crippen LogP contribution in [-0.4, -0.2) is 76.3 Å². The zero-order chi connectivity index (χ0) is 41.4. The molecule has 10 rings (SSSR count). The van der Waals surface area contributed by atoms with Gasteiger partial charge in [-0.2, -0.15) is 5.10 Å². The monoisotopic (exact) mass is 927 g/mol. The summed E-state index contributed by atoms with van der Waals surface area (Å²) in [5.41, 5.74) is 6.59. The first-order valence-corrected chi connectivity index (χ1v) is 21.7. The fourth-order valence-electron chi connectivity index (χ4n) is 8.18. The van der Waals surface area contributed by atoms with E-state index >= 15 is 0 Å². The minimum Gasteiger partial charge on any atom is -0.481 e. The number of fused-ring (bicyclic) bond motifs is 2. The number of hydrogen-bond acceptors (Lipinski definition) is 11. The molecule has 3 aliphatic heterocycles. The summed E-state index contributed by atoms with van der Waals surface area (Å²) < 4.78 is 31.7. The molecule has 2 fully saturated rings. The standard InChI is InChI=1S/C30H26IN3O2.C18H20N4O3/c31-28-27-26(16-19-32-29(27)36-25-17-20-35-21-18-25)34(33-28)30(22-10-4-1-5-11-22,23-12-6-2-7-13-23)24-14-8-3-9-15-24;1-23-15-10-13(3-7-19-15)22-17-16-12(11-21-17)2-6-20-18(16)25-14-4-8-24-9-5-14/h1-16,19,25H,17-18,20-21H2;2-3,6-7,10,14H,4-5,8-9,11H2,1H3,(H,19,21,22). The van der Waals surface area contributed by atoms with Gasteiger partial charge in [-0.3, -0.25) is 4.99 Å². The van der Waals surface area contributed by atoms with Gasteiger partial charge in [0.15, 0.2) is 0 Å². The lowest BCUT2D eigenvalue weighted by molar-refractivity contribution is 0.0236. The van der Waals surface area contributed by atoms with Crippen molar-refractivity contribution in [1.82, 2.24) is 24.7 Å². The average molecular weight is 928 g/mol. The van der Waals surface area contributed by atoms with E-state index < -0.39 is 5.54 Å². The molecule has 3 aliphatic rings. The Bertz CT molecular complexity index is 2480. The van der Waals surface area contributed by atoms with Crippen molar-refractivity contribution >= 4 is 45.0 Å². The molecule has 61 heavy (non-hydrogen) atoms. The topological polar surface area (TPSA) is 127 Å². The average Bonchev–Trinajstić information content (AvgIpc) is 3.90. The molecule has 2 saturated heterocycles. The summed E-state index contributed by atoms with van der Waals surface area (Å²) in [6.45, 7) is 3.52. The third kappa shape index (κ3) is 8.54. The molecule has 13 heteroatoms. The Kier molecular flexibility index (Phi) is 12.5. The predicted molar refractivity (Wildman–Crippen MR) is 243 cm³/mol. The van der Waals surface area contributed by atoms with Crippen LogP contribution in [0.5, 0.6) is 17.6 Å². The number of hydrogen-bond donors (Lipinski definition) is 1. The van der Waals surface area contributed by atoms with Gasteiger partial charge in [-0.1, -0.05) is 91.0 Å². The Morgan fingerprint density at radius 3 is 1.80 bits per heavy atom. The lowest BCUT2D eigenvalue weighted by Gasteiger charge is -2.37. The summed E-state index contributed by atoms with van der Waals surface area (Å²) in [7, 11) is 1.60. The van der Waals surface area contributed by atoms with E-state index in [9.17, 15) is 0 Å². The van der Waals surface area contributed by atoms with Gasteiger partial charge in [-0.25, -0.2) is 19.6 Å². The zero-order valence-electron chi connectivity index (χ0n) is 33.8. The molecule has 0 aliphatic carbocycles. The molecule has 0 spiro atoms. The lowest BCUT2D eigenvalue weighted by Crippen LogP contribution is -2.38. The predicted octanol–water partition coefficient (Wildman–Crippen LogP) is 8.85. The molecule has 310 valence electrons. The first-order valence-electron chi connectivity index (χ1n) is 20.6. The summed E-state index contributed by atoms with van der Waals surface area (Å²) in [5, 5.41) is 9.48. The highest BCUT2D eigenvalue weighted by atomic mass is 127. The number of rotatable bonds is 10. The van der Waals surface area contributed by atoms with Crippen LogP contribution >= 0.6 is 22.6 Å². The molecule has 0 bridgehead atoms. The molecule has 7 heterocycles. The molecule has 0 atom stereocenters. The molecular formula is C48H46IN7O5. The third-order valence-corrected chi connectivity index (χ3v) is 11.9. The smallest absolute Gasteiger partial charge is 0.225 e. The van der Waals surface area contributed by atoms with Crippen LogP contribution in [0.3, 0.4) is 0 Å². The van der Waals surface area contributed by atoms with Crippen molar-refractivity contribution in [1.29, 1.82) is 0 Å². The van der Waals surface area contributed by atoms with Gasteiger partial charge in [0.05, 0.1) is 56.5 Å². The van der Waals surface area contributed by atoms with E-state index in [1.54, 1.807) is 19.5 Å². The highest BCUT2D eigenvalue weighted by Gasteiger charge is 2.41. The molecule has 0 unspecified atom stereocenters. The molecule has 0 saturated carbocycles. The first kappa shape index (κ1) is 40.5. The Hall–Kier alpha value is -5.90. The van der Waals surface area contributed by atoms with E-state index in [-0.39, 0.29) is 12.2 Å². The second-order valence-corrected chi connectivity index (χ2v) is 15.9. The Morgan fingerprint density at radius 1 is 0.672 bits per heavy atom. The van der Waals surface area contributed by atoms with Gasteiger partial charge in [0, 0.05) is 56.0 Å². The van der Waals surface area contributed by atoms with Gasteiger partial charge < -0.3 is 29.0 Å². The van der Waals surface area contributed by atoms with Crippen molar-refractivity contribution in [3.63, 3.8) is 0 Å². The van der Waals surface area contributed by atoms with Crippen LogP contribution in [0.1, 0.15) is 53.5 Å². The van der Waals surface area contributed by atoms with Gasteiger partial charge in [0.25, 0.3) is 0 Å². The normalized spacial score (nSPS) is 15.6. The fraction of sp³-hybridized carbons (Fsp3) is 0.271. The van der Waals surface area contributed by atoms with Crippen LogP contribution in [0, 0.1) is 3.70 Å². The van der Waals surface area contributed by atoms with Crippen LogP contribution < -0.4 is 19.5 Å². The number of pyridine rings is 3. The Labute approximate surface area is 368 Å². The first-order chi connectivity index (χ1) is 30.1. The molecule has 0 amide bonds.